The van der Waals surface area contributed by atoms with Crippen LogP contribution in [-0.2, 0) is 6.54 Å². The van der Waals surface area contributed by atoms with Gasteiger partial charge in [-0.1, -0.05) is 28.1 Å². The minimum atomic E-state index is 0.706. The van der Waals surface area contributed by atoms with Crippen LogP contribution in [0.25, 0.3) is 10.6 Å². The number of nitrogens with zero attached hydrogens (tertiary/aromatic N) is 1. The van der Waals surface area contributed by atoms with E-state index in [0.29, 0.717) is 5.92 Å². The number of nitrogens with one attached hydrogen (secondary N) is 1. The maximum absolute atomic E-state index is 4.90. The van der Waals surface area contributed by atoms with Crippen molar-refractivity contribution in [2.24, 2.45) is 0 Å². The van der Waals surface area contributed by atoms with Gasteiger partial charge in [0.2, 0.25) is 0 Å². The second kappa shape index (κ2) is 5.35. The molecule has 1 N–H and O–H groups in total. The average Bonchev–Trinajstić information content (AvgIpc) is 3.12. The van der Waals surface area contributed by atoms with Gasteiger partial charge in [0.1, 0.15) is 5.01 Å². The molecule has 0 aliphatic heterocycles. The van der Waals surface area contributed by atoms with Crippen molar-refractivity contribution >= 4 is 27.3 Å². The molecule has 4 heteroatoms. The molecule has 1 fully saturated rings. The highest BCUT2D eigenvalue weighted by molar-refractivity contribution is 9.10. The van der Waals surface area contributed by atoms with Crippen molar-refractivity contribution in [2.45, 2.75) is 32.2 Å². The molecule has 0 saturated heterocycles. The lowest BCUT2D eigenvalue weighted by Gasteiger charge is -2.01. The van der Waals surface area contributed by atoms with Gasteiger partial charge in [0.05, 0.1) is 5.69 Å². The van der Waals surface area contributed by atoms with E-state index < -0.39 is 0 Å². The van der Waals surface area contributed by atoms with E-state index >= 15 is 0 Å². The van der Waals surface area contributed by atoms with E-state index in [1.54, 1.807) is 0 Å². The van der Waals surface area contributed by atoms with Crippen LogP contribution in [0.2, 0.25) is 0 Å². The Morgan fingerprint density at radius 2 is 2.21 bits per heavy atom. The minimum absolute atomic E-state index is 0.706. The summed E-state index contributed by atoms with van der Waals surface area (Å²) in [5.41, 5.74) is 3.80. The van der Waals surface area contributed by atoms with Crippen molar-refractivity contribution in [3.8, 4) is 10.6 Å². The van der Waals surface area contributed by atoms with Crippen LogP contribution >= 0.6 is 27.3 Å². The third-order valence-electron chi connectivity index (χ3n) is 3.38. The molecule has 2 nitrogen and oxygen atoms in total. The Labute approximate surface area is 126 Å². The van der Waals surface area contributed by atoms with E-state index in [0.717, 1.165) is 16.0 Å². The molecular formula is C15H17BrN2S. The van der Waals surface area contributed by atoms with Crippen molar-refractivity contribution in [3.63, 3.8) is 0 Å². The molecule has 100 valence electrons. The molecule has 1 aromatic carbocycles. The van der Waals surface area contributed by atoms with E-state index in [-0.39, 0.29) is 0 Å². The van der Waals surface area contributed by atoms with Crippen LogP contribution in [0.1, 0.15) is 34.9 Å². The number of aryl methyl sites for hydroxylation is 1. The van der Waals surface area contributed by atoms with Crippen molar-refractivity contribution in [1.82, 2.24) is 10.3 Å². The first kappa shape index (κ1) is 13.3. The van der Waals surface area contributed by atoms with Crippen LogP contribution in [0.3, 0.4) is 0 Å². The third kappa shape index (κ3) is 2.76. The summed E-state index contributed by atoms with van der Waals surface area (Å²) in [6, 6.07) is 6.47. The second-order valence-corrected chi connectivity index (χ2v) is 7.05. The molecule has 2 aromatic rings. The lowest BCUT2D eigenvalue weighted by molar-refractivity contribution is 0.813. The van der Waals surface area contributed by atoms with E-state index in [1.807, 2.05) is 18.4 Å². The largest absolute Gasteiger partial charge is 0.315 e. The van der Waals surface area contributed by atoms with Crippen LogP contribution in [0, 0.1) is 6.92 Å². The van der Waals surface area contributed by atoms with Crippen molar-refractivity contribution in [1.29, 1.82) is 0 Å². The number of hydrogen-bond acceptors (Lipinski definition) is 3. The Morgan fingerprint density at radius 1 is 1.42 bits per heavy atom. The molecule has 0 radical (unpaired) electrons. The van der Waals surface area contributed by atoms with E-state index in [9.17, 15) is 0 Å². The standard InChI is InChI=1S/C15H17BrN2S/c1-9-3-6-11(12(16)7-9)15-18-14(10-4-5-10)13(19-15)8-17-2/h3,6-7,10,17H,4-5,8H2,1-2H3. The molecule has 1 aliphatic rings. The second-order valence-electron chi connectivity index (χ2n) is 5.12. The van der Waals surface area contributed by atoms with Gasteiger partial charge in [-0.3, -0.25) is 0 Å². The summed E-state index contributed by atoms with van der Waals surface area (Å²) in [4.78, 5) is 6.30. The maximum atomic E-state index is 4.90. The Bertz CT molecular complexity index is 602. The van der Waals surface area contributed by atoms with Gasteiger partial charge in [0.15, 0.2) is 0 Å². The summed E-state index contributed by atoms with van der Waals surface area (Å²) in [6.07, 6.45) is 2.60. The Hall–Kier alpha value is -0.710. The van der Waals surface area contributed by atoms with Crippen LogP contribution in [0.5, 0.6) is 0 Å². The normalized spacial score (nSPS) is 14.9. The fraction of sp³-hybridized carbons (Fsp3) is 0.400. The topological polar surface area (TPSA) is 24.9 Å². The monoisotopic (exact) mass is 336 g/mol. The smallest absolute Gasteiger partial charge is 0.125 e. The zero-order valence-corrected chi connectivity index (χ0v) is 13.6. The molecule has 1 saturated carbocycles. The van der Waals surface area contributed by atoms with Crippen LogP contribution in [0.4, 0.5) is 0 Å². The fourth-order valence-corrected chi connectivity index (χ4v) is 4.25. The number of rotatable bonds is 4. The van der Waals surface area contributed by atoms with Crippen molar-refractivity contribution < 1.29 is 0 Å². The maximum Gasteiger partial charge on any atom is 0.125 e. The summed E-state index contributed by atoms with van der Waals surface area (Å²) in [5.74, 6) is 0.706. The number of hydrogen-bond donors (Lipinski definition) is 1. The fourth-order valence-electron chi connectivity index (χ4n) is 2.24. The first-order chi connectivity index (χ1) is 9.19. The molecule has 3 rings (SSSR count). The molecule has 0 bridgehead atoms. The van der Waals surface area contributed by atoms with Gasteiger partial charge in [-0.25, -0.2) is 4.98 Å². The SMILES string of the molecule is CNCc1sc(-c2ccc(C)cc2Br)nc1C1CC1. The molecule has 1 heterocycles. The van der Waals surface area contributed by atoms with Gasteiger partial charge >= 0.3 is 0 Å². The summed E-state index contributed by atoms with van der Waals surface area (Å²) < 4.78 is 1.14. The highest BCUT2D eigenvalue weighted by Crippen LogP contribution is 2.45. The molecule has 1 aromatic heterocycles. The van der Waals surface area contributed by atoms with Gasteiger partial charge in [-0.05, 0) is 38.4 Å². The summed E-state index contributed by atoms with van der Waals surface area (Å²) in [7, 11) is 2.00. The lowest BCUT2D eigenvalue weighted by atomic mass is 10.1. The number of aromatic nitrogens is 1. The minimum Gasteiger partial charge on any atom is -0.315 e. The quantitative estimate of drug-likeness (QED) is 0.890. The molecule has 0 spiro atoms. The molecule has 19 heavy (non-hydrogen) atoms. The zero-order chi connectivity index (χ0) is 13.4. The molecule has 0 amide bonds. The van der Waals surface area contributed by atoms with Gasteiger partial charge in [0, 0.05) is 27.4 Å². The number of halogens is 1. The van der Waals surface area contributed by atoms with Gasteiger partial charge in [-0.2, -0.15) is 0 Å². The van der Waals surface area contributed by atoms with Crippen molar-refractivity contribution in [3.05, 3.63) is 38.8 Å². The van der Waals surface area contributed by atoms with Gasteiger partial charge in [0.25, 0.3) is 0 Å². The number of thiazole rings is 1. The first-order valence-corrected chi connectivity index (χ1v) is 8.20. The Kier molecular flexibility index (Phi) is 3.74. The van der Waals surface area contributed by atoms with Crippen molar-refractivity contribution in [2.75, 3.05) is 7.05 Å². The summed E-state index contributed by atoms with van der Waals surface area (Å²) in [5, 5.41) is 4.39. The molecule has 1 aliphatic carbocycles. The summed E-state index contributed by atoms with van der Waals surface area (Å²) in [6.45, 7) is 3.03. The van der Waals surface area contributed by atoms with Crippen LogP contribution in [-0.4, -0.2) is 12.0 Å². The van der Waals surface area contributed by atoms with Crippen LogP contribution < -0.4 is 5.32 Å². The molecular weight excluding hydrogens is 320 g/mol. The lowest BCUT2D eigenvalue weighted by Crippen LogP contribution is -2.05. The van der Waals surface area contributed by atoms with E-state index in [2.05, 4.69) is 46.4 Å². The predicted molar refractivity (Wildman–Crippen MR) is 84.7 cm³/mol. The predicted octanol–water partition coefficient (Wildman–Crippen LogP) is 4.48. The Balaban J connectivity index is 2.02. The number of benzene rings is 1. The zero-order valence-electron chi connectivity index (χ0n) is 11.2. The van der Waals surface area contributed by atoms with Crippen LogP contribution in [0.15, 0.2) is 22.7 Å². The molecule has 0 unspecified atom stereocenters. The van der Waals surface area contributed by atoms with Gasteiger partial charge in [-0.15, -0.1) is 11.3 Å². The highest BCUT2D eigenvalue weighted by atomic mass is 79.9. The van der Waals surface area contributed by atoms with E-state index in [1.165, 1.54) is 34.5 Å². The average molecular weight is 337 g/mol. The van der Waals surface area contributed by atoms with E-state index in [4.69, 9.17) is 4.98 Å². The Morgan fingerprint density at radius 3 is 2.84 bits per heavy atom. The summed E-state index contributed by atoms with van der Waals surface area (Å²) >= 11 is 5.48. The first-order valence-electron chi connectivity index (χ1n) is 6.59. The van der Waals surface area contributed by atoms with Gasteiger partial charge < -0.3 is 5.32 Å². The highest BCUT2D eigenvalue weighted by Gasteiger charge is 2.29. The molecule has 0 atom stereocenters. The third-order valence-corrected chi connectivity index (χ3v) is 5.14.